The molecule has 2 N–H and O–H groups in total. The van der Waals surface area contributed by atoms with E-state index in [1.807, 2.05) is 39.8 Å². The summed E-state index contributed by atoms with van der Waals surface area (Å²) >= 11 is 0. The van der Waals surface area contributed by atoms with Crippen LogP contribution in [0.25, 0.3) is 21.8 Å². The van der Waals surface area contributed by atoms with Crippen molar-refractivity contribution >= 4 is 65.3 Å². The van der Waals surface area contributed by atoms with Crippen LogP contribution in [0.4, 0.5) is 11.4 Å². The van der Waals surface area contributed by atoms with Gasteiger partial charge >= 0.3 is 32.1 Å². The summed E-state index contributed by atoms with van der Waals surface area (Å²) in [5, 5.41) is 7.42. The number of hydrogen-bond donors (Lipinski definition) is 2. The van der Waals surface area contributed by atoms with Crippen molar-refractivity contribution in [3.63, 3.8) is 0 Å². The lowest BCUT2D eigenvalue weighted by Crippen LogP contribution is -2.42. The SMILES string of the molecule is CCc1nc2c(NC=C3C(=O)OC(C)(C)OC3=O)cccc2c(CC)c1O[P+](=O)Oc1c(CC)nc2c(NC=C3C(=O)OC(C)(C)OC3=O)cccc2c1CC. The Kier molecular flexibility index (Phi) is 11.0. The van der Waals surface area contributed by atoms with Crippen LogP contribution in [-0.4, -0.2) is 45.4 Å². The minimum Gasteiger partial charge on any atom is -0.419 e. The normalized spacial score (nSPS) is 16.1. The molecule has 0 spiro atoms. The third-order valence-electron chi connectivity index (χ3n) is 8.97. The number of ether oxygens (including phenoxy) is 4. The van der Waals surface area contributed by atoms with E-state index in [2.05, 4.69) is 10.6 Å². The Hall–Kier alpha value is -6.08. The van der Waals surface area contributed by atoms with E-state index in [0.29, 0.717) is 81.8 Å². The summed E-state index contributed by atoms with van der Waals surface area (Å²) in [6.45, 7) is 13.5. The predicted octanol–water partition coefficient (Wildman–Crippen LogP) is 7.41. The lowest BCUT2D eigenvalue weighted by Gasteiger charge is -2.29. The molecule has 2 aliphatic rings. The number of cyclic esters (lactones) is 4. The second-order valence-corrected chi connectivity index (χ2v) is 14.5. The lowest BCUT2D eigenvalue weighted by atomic mass is 10.0. The molecule has 0 radical (unpaired) electrons. The van der Waals surface area contributed by atoms with Crippen molar-refractivity contribution in [1.29, 1.82) is 0 Å². The van der Waals surface area contributed by atoms with Crippen LogP contribution in [-0.2, 0) is 68.4 Å². The first kappa shape index (κ1) is 39.6. The Morgan fingerprint density at radius 1 is 0.607 bits per heavy atom. The molecule has 292 valence electrons. The van der Waals surface area contributed by atoms with Crippen molar-refractivity contribution in [3.05, 3.63) is 82.5 Å². The first-order chi connectivity index (χ1) is 26.6. The van der Waals surface area contributed by atoms with Crippen molar-refractivity contribution in [2.75, 3.05) is 10.6 Å². The number of carbonyl (C=O) groups excluding carboxylic acids is 4. The number of nitrogens with one attached hydrogen (secondary N) is 2. The van der Waals surface area contributed by atoms with Crippen molar-refractivity contribution in [2.24, 2.45) is 0 Å². The maximum absolute atomic E-state index is 13.9. The molecule has 4 aromatic rings. The molecule has 0 saturated carbocycles. The minimum atomic E-state index is -2.80. The van der Waals surface area contributed by atoms with Gasteiger partial charge in [0, 0.05) is 66.6 Å². The van der Waals surface area contributed by atoms with E-state index < -0.39 is 43.7 Å². The molecule has 16 heteroatoms. The summed E-state index contributed by atoms with van der Waals surface area (Å²) < 4.78 is 46.9. The highest BCUT2D eigenvalue weighted by atomic mass is 31.1. The van der Waals surface area contributed by atoms with Gasteiger partial charge in [-0.3, -0.25) is 0 Å². The Balaban J connectivity index is 1.30. The number of rotatable bonds is 12. The molecule has 4 heterocycles. The van der Waals surface area contributed by atoms with Crippen LogP contribution in [0, 0.1) is 0 Å². The number of anilines is 2. The molecule has 2 aromatic heterocycles. The van der Waals surface area contributed by atoms with Crippen molar-refractivity contribution < 1.29 is 51.7 Å². The number of hydrogen-bond acceptors (Lipinski definition) is 15. The molecular formula is C40H42N4O11P+. The zero-order valence-corrected chi connectivity index (χ0v) is 33.2. The zero-order chi connectivity index (χ0) is 40.5. The third-order valence-corrected chi connectivity index (χ3v) is 9.64. The van der Waals surface area contributed by atoms with E-state index in [0.717, 1.165) is 11.1 Å². The van der Waals surface area contributed by atoms with E-state index >= 15 is 0 Å². The molecule has 0 atom stereocenters. The van der Waals surface area contributed by atoms with E-state index in [-0.39, 0.29) is 11.1 Å². The highest BCUT2D eigenvalue weighted by Crippen LogP contribution is 2.43. The fraction of sp³-hybridized carbons (Fsp3) is 0.350. The number of aryl methyl sites for hydroxylation is 4. The van der Waals surface area contributed by atoms with Crippen LogP contribution in [0.15, 0.2) is 59.9 Å². The minimum absolute atomic E-state index is 0.297. The number of benzene rings is 2. The second kappa shape index (κ2) is 15.6. The van der Waals surface area contributed by atoms with Crippen LogP contribution < -0.4 is 19.7 Å². The number of carbonyl (C=O) groups is 4. The van der Waals surface area contributed by atoms with Crippen LogP contribution in [0.5, 0.6) is 11.5 Å². The fourth-order valence-electron chi connectivity index (χ4n) is 6.43. The van der Waals surface area contributed by atoms with Gasteiger partial charge < -0.3 is 29.6 Å². The highest BCUT2D eigenvalue weighted by molar-refractivity contribution is 7.34. The summed E-state index contributed by atoms with van der Waals surface area (Å²) in [6, 6.07) is 10.8. The first-order valence-electron chi connectivity index (χ1n) is 18.2. The third kappa shape index (κ3) is 7.85. The number of aromatic nitrogens is 2. The molecule has 15 nitrogen and oxygen atoms in total. The maximum Gasteiger partial charge on any atom is 0.805 e. The molecule has 2 saturated heterocycles. The summed E-state index contributed by atoms with van der Waals surface area (Å²) in [6.07, 6.45) is 4.27. The molecule has 0 bridgehead atoms. The van der Waals surface area contributed by atoms with Gasteiger partial charge in [-0.2, -0.15) is 0 Å². The van der Waals surface area contributed by atoms with Crippen LogP contribution >= 0.6 is 8.25 Å². The van der Waals surface area contributed by atoms with Crippen molar-refractivity contribution in [2.45, 2.75) is 92.6 Å². The maximum atomic E-state index is 13.9. The van der Waals surface area contributed by atoms with Gasteiger partial charge in [0.05, 0.1) is 33.8 Å². The van der Waals surface area contributed by atoms with Gasteiger partial charge in [0.25, 0.3) is 11.6 Å². The van der Waals surface area contributed by atoms with Gasteiger partial charge in [0.2, 0.25) is 11.5 Å². The average Bonchev–Trinajstić information content (AvgIpc) is 3.12. The summed E-state index contributed by atoms with van der Waals surface area (Å²) in [4.78, 5) is 59.8. The molecule has 2 aliphatic heterocycles. The Morgan fingerprint density at radius 3 is 1.29 bits per heavy atom. The smallest absolute Gasteiger partial charge is 0.419 e. The molecular weight excluding hydrogens is 743 g/mol. The lowest BCUT2D eigenvalue weighted by molar-refractivity contribution is -0.224. The molecule has 0 unspecified atom stereocenters. The molecule has 6 rings (SSSR count). The quantitative estimate of drug-likeness (QED) is 0.0624. The standard InChI is InChI=1S/C40H41N4O11P/c1-9-21-23-15-13-17-29(41-19-25-35(45)50-39(5,6)51-36(25)46)31(23)43-27(11-3)33(21)54-56(49)55-34-22(10-2)24-16-14-18-30(32(24)44-28(34)12-4)42-20-26-37(47)52-40(7,8)53-38(26)48/h13-20H,9-12H2,1-8H3,(H-,41,42,45,46,47,48)/p+1. The van der Waals surface area contributed by atoms with Gasteiger partial charge in [0.1, 0.15) is 0 Å². The summed E-state index contributed by atoms with van der Waals surface area (Å²) in [5.41, 5.74) is 4.00. The first-order valence-corrected chi connectivity index (χ1v) is 19.3. The number of esters is 4. The van der Waals surface area contributed by atoms with Crippen molar-refractivity contribution in [3.8, 4) is 11.5 Å². The number of para-hydroxylation sites is 2. The fourth-order valence-corrected chi connectivity index (χ4v) is 7.20. The Labute approximate surface area is 323 Å². The molecule has 56 heavy (non-hydrogen) atoms. The van der Waals surface area contributed by atoms with Gasteiger partial charge in [-0.15, -0.1) is 0 Å². The molecule has 0 aliphatic carbocycles. The zero-order valence-electron chi connectivity index (χ0n) is 32.3. The average molecular weight is 786 g/mol. The van der Waals surface area contributed by atoms with Crippen LogP contribution in [0.2, 0.25) is 0 Å². The number of fused-ring (bicyclic) bond motifs is 2. The van der Waals surface area contributed by atoms with Crippen LogP contribution in [0.1, 0.15) is 77.9 Å². The predicted molar refractivity (Wildman–Crippen MR) is 206 cm³/mol. The largest absolute Gasteiger partial charge is 0.805 e. The number of pyridine rings is 2. The van der Waals surface area contributed by atoms with Gasteiger partial charge in [0.15, 0.2) is 11.1 Å². The summed E-state index contributed by atoms with van der Waals surface area (Å²) in [5.74, 6) is -5.35. The van der Waals surface area contributed by atoms with Crippen molar-refractivity contribution in [1.82, 2.24) is 9.97 Å². The summed E-state index contributed by atoms with van der Waals surface area (Å²) in [7, 11) is -2.80. The van der Waals surface area contributed by atoms with Gasteiger partial charge in [-0.25, -0.2) is 38.2 Å². The van der Waals surface area contributed by atoms with E-state index in [1.165, 1.54) is 40.1 Å². The van der Waals surface area contributed by atoms with Gasteiger partial charge in [-0.1, -0.05) is 52.0 Å². The monoisotopic (exact) mass is 785 g/mol. The topological polar surface area (TPSA) is 191 Å². The molecule has 0 amide bonds. The Morgan fingerprint density at radius 2 is 0.964 bits per heavy atom. The Bertz CT molecular complexity index is 2180. The second-order valence-electron chi connectivity index (χ2n) is 13.7. The van der Waals surface area contributed by atoms with Crippen LogP contribution in [0.3, 0.4) is 0 Å². The highest BCUT2D eigenvalue weighted by Gasteiger charge is 2.40. The van der Waals surface area contributed by atoms with E-state index in [1.54, 1.807) is 24.3 Å². The molecule has 2 aromatic carbocycles. The number of nitrogens with zero attached hydrogens (tertiary/aromatic N) is 2. The van der Waals surface area contributed by atoms with Gasteiger partial charge in [-0.05, 0) is 37.8 Å². The molecule has 2 fully saturated rings. The van der Waals surface area contributed by atoms with E-state index in [9.17, 15) is 23.7 Å². The van der Waals surface area contributed by atoms with E-state index in [4.69, 9.17) is 38.0 Å².